The number of hydrogen-bond acceptors (Lipinski definition) is 3. The molecule has 0 heterocycles. The number of benzene rings is 1. The number of hydrogen-bond donors (Lipinski definition) is 1. The van der Waals surface area contributed by atoms with Gasteiger partial charge in [-0.2, -0.15) is 0 Å². The number of fused-ring (bicyclic) bond motifs is 2. The van der Waals surface area contributed by atoms with Gasteiger partial charge in [0.05, 0.1) is 0 Å². The molecule has 3 rings (SSSR count). The summed E-state index contributed by atoms with van der Waals surface area (Å²) in [6.07, 6.45) is 3.80. The zero-order chi connectivity index (χ0) is 12.0. The van der Waals surface area contributed by atoms with Crippen LogP contribution in [0.5, 0.6) is 5.75 Å². The molecule has 1 spiro atoms. The molecule has 1 saturated carbocycles. The van der Waals surface area contributed by atoms with Crippen molar-refractivity contribution in [2.75, 3.05) is 14.1 Å². The second-order valence-corrected chi connectivity index (χ2v) is 5.44. The van der Waals surface area contributed by atoms with E-state index < -0.39 is 0 Å². The zero-order valence-corrected chi connectivity index (χ0v) is 10.3. The maximum absolute atomic E-state index is 8.70. The average molecular weight is 230 g/mol. The Morgan fingerprint density at radius 3 is 2.76 bits per heavy atom. The van der Waals surface area contributed by atoms with Crippen molar-refractivity contribution < 1.29 is 9.68 Å². The molecule has 0 saturated heterocycles. The minimum atomic E-state index is 0.402. The van der Waals surface area contributed by atoms with E-state index in [4.69, 9.17) is 9.68 Å². The highest BCUT2D eigenvalue weighted by Crippen LogP contribution is 2.61. The first kappa shape index (κ1) is 11.1. The molecule has 1 atom stereocenters. The molecule has 1 N–H and O–H groups in total. The maximum Gasteiger partial charge on any atom is 0.569 e. The highest BCUT2D eigenvalue weighted by Gasteiger charge is 2.52. The molecule has 1 aromatic rings. The summed E-state index contributed by atoms with van der Waals surface area (Å²) in [5, 5.41) is 8.70. The van der Waals surface area contributed by atoms with Crippen molar-refractivity contribution in [3.8, 4) is 5.75 Å². The zero-order valence-electron chi connectivity index (χ0n) is 10.3. The molecule has 2 aliphatic rings. The molecule has 1 radical (unpaired) electrons. The van der Waals surface area contributed by atoms with Crippen molar-refractivity contribution >= 4 is 7.69 Å². The molecule has 4 heteroatoms. The van der Waals surface area contributed by atoms with Crippen LogP contribution in [-0.4, -0.2) is 31.7 Å². The van der Waals surface area contributed by atoms with Crippen LogP contribution < -0.4 is 4.65 Å². The summed E-state index contributed by atoms with van der Waals surface area (Å²) < 4.78 is 5.06. The first-order valence-corrected chi connectivity index (χ1v) is 6.10. The SMILES string of the molecule is CN(C)C1CC2(CC2)c2cc(O[B]O)ccc21. The van der Waals surface area contributed by atoms with Gasteiger partial charge in [-0.15, -0.1) is 0 Å². The molecule has 1 fully saturated rings. The fraction of sp³-hybridized carbons (Fsp3) is 0.538. The fourth-order valence-electron chi connectivity index (χ4n) is 3.09. The van der Waals surface area contributed by atoms with E-state index in [1.54, 1.807) is 0 Å². The van der Waals surface area contributed by atoms with Crippen LogP contribution >= 0.6 is 0 Å². The summed E-state index contributed by atoms with van der Waals surface area (Å²) in [5.74, 6) is 0.733. The van der Waals surface area contributed by atoms with Gasteiger partial charge in [0.15, 0.2) is 0 Å². The van der Waals surface area contributed by atoms with Gasteiger partial charge in [-0.3, -0.25) is 0 Å². The molecule has 0 aliphatic heterocycles. The van der Waals surface area contributed by atoms with Crippen LogP contribution in [0.2, 0.25) is 0 Å². The molecule has 1 unspecified atom stereocenters. The van der Waals surface area contributed by atoms with E-state index in [0.717, 1.165) is 13.4 Å². The molecular formula is C13H17BNO2. The van der Waals surface area contributed by atoms with E-state index in [-0.39, 0.29) is 0 Å². The van der Waals surface area contributed by atoms with Crippen LogP contribution in [0.4, 0.5) is 0 Å². The quantitative estimate of drug-likeness (QED) is 0.801. The summed E-state index contributed by atoms with van der Waals surface area (Å²) in [6, 6.07) is 6.70. The maximum atomic E-state index is 8.70. The lowest BCUT2D eigenvalue weighted by molar-refractivity contribution is 0.285. The Morgan fingerprint density at radius 2 is 2.18 bits per heavy atom. The van der Waals surface area contributed by atoms with E-state index in [9.17, 15) is 0 Å². The van der Waals surface area contributed by atoms with Gasteiger partial charge < -0.3 is 14.6 Å². The van der Waals surface area contributed by atoms with Gasteiger partial charge in [-0.1, -0.05) is 6.07 Å². The van der Waals surface area contributed by atoms with Crippen molar-refractivity contribution in [3.63, 3.8) is 0 Å². The topological polar surface area (TPSA) is 32.7 Å². The van der Waals surface area contributed by atoms with E-state index in [0.29, 0.717) is 11.5 Å². The van der Waals surface area contributed by atoms with Crippen molar-refractivity contribution in [2.45, 2.75) is 30.7 Å². The number of rotatable bonds is 3. The summed E-state index contributed by atoms with van der Waals surface area (Å²) in [5.41, 5.74) is 3.26. The van der Waals surface area contributed by atoms with Gasteiger partial charge in [0.1, 0.15) is 5.75 Å². The molecule has 3 nitrogen and oxygen atoms in total. The van der Waals surface area contributed by atoms with E-state index >= 15 is 0 Å². The standard InChI is InChI=1S/C13H17BNO2/c1-15(2)12-8-13(5-6-13)11-7-9(17-14-16)3-4-10(11)12/h3-4,7,12,16H,5-6,8H2,1-2H3. The summed E-state index contributed by atoms with van der Waals surface area (Å²) in [7, 11) is 5.03. The van der Waals surface area contributed by atoms with Gasteiger partial charge in [-0.05, 0) is 62.0 Å². The van der Waals surface area contributed by atoms with E-state index in [2.05, 4.69) is 31.1 Å². The van der Waals surface area contributed by atoms with Crippen molar-refractivity contribution in [1.29, 1.82) is 0 Å². The first-order valence-electron chi connectivity index (χ1n) is 6.10. The lowest BCUT2D eigenvalue weighted by Crippen LogP contribution is -2.18. The highest BCUT2D eigenvalue weighted by molar-refractivity contribution is 6.17. The van der Waals surface area contributed by atoms with Crippen LogP contribution in [0, 0.1) is 0 Å². The summed E-state index contributed by atoms with van der Waals surface area (Å²) in [4.78, 5) is 2.30. The van der Waals surface area contributed by atoms with Crippen molar-refractivity contribution in [1.82, 2.24) is 4.90 Å². The molecule has 17 heavy (non-hydrogen) atoms. The normalized spacial score (nSPS) is 23.9. The molecule has 0 bridgehead atoms. The van der Waals surface area contributed by atoms with Crippen molar-refractivity contribution in [2.24, 2.45) is 0 Å². The molecule has 0 aromatic heterocycles. The first-order chi connectivity index (χ1) is 8.16. The van der Waals surface area contributed by atoms with Gasteiger partial charge in [0.25, 0.3) is 0 Å². The Bertz CT molecular complexity index is 443. The third kappa shape index (κ3) is 1.67. The molecular weight excluding hydrogens is 213 g/mol. The van der Waals surface area contributed by atoms with E-state index in [1.807, 2.05) is 6.07 Å². The van der Waals surface area contributed by atoms with Gasteiger partial charge in [0, 0.05) is 6.04 Å². The minimum absolute atomic E-state index is 0.402. The molecule has 2 aliphatic carbocycles. The second-order valence-electron chi connectivity index (χ2n) is 5.44. The molecule has 89 valence electrons. The summed E-state index contributed by atoms with van der Waals surface area (Å²) in [6.45, 7) is 0. The predicted molar refractivity (Wildman–Crippen MR) is 67.0 cm³/mol. The van der Waals surface area contributed by atoms with Gasteiger partial charge >= 0.3 is 7.69 Å². The van der Waals surface area contributed by atoms with Crippen LogP contribution in [0.1, 0.15) is 36.4 Å². The highest BCUT2D eigenvalue weighted by atomic mass is 16.5. The smallest absolute Gasteiger partial charge is 0.537 e. The Labute approximate surface area is 103 Å². The Balaban J connectivity index is 2.01. The fourth-order valence-corrected chi connectivity index (χ4v) is 3.09. The third-order valence-corrected chi connectivity index (χ3v) is 4.20. The Kier molecular flexibility index (Phi) is 2.45. The summed E-state index contributed by atoms with van der Waals surface area (Å²) >= 11 is 0. The lowest BCUT2D eigenvalue weighted by atomic mass is 9.98. The second kappa shape index (κ2) is 3.75. The minimum Gasteiger partial charge on any atom is -0.537 e. The Hall–Kier alpha value is -0.995. The molecule has 1 aromatic carbocycles. The Morgan fingerprint density at radius 1 is 1.41 bits per heavy atom. The van der Waals surface area contributed by atoms with Crippen LogP contribution in [-0.2, 0) is 5.41 Å². The lowest BCUT2D eigenvalue weighted by Gasteiger charge is -2.20. The number of nitrogens with zero attached hydrogens (tertiary/aromatic N) is 1. The average Bonchev–Trinajstić information content (AvgIpc) is 2.99. The van der Waals surface area contributed by atoms with Crippen LogP contribution in [0.3, 0.4) is 0 Å². The van der Waals surface area contributed by atoms with Crippen molar-refractivity contribution in [3.05, 3.63) is 29.3 Å². The predicted octanol–water partition coefficient (Wildman–Crippen LogP) is 1.63. The van der Waals surface area contributed by atoms with Gasteiger partial charge in [0.2, 0.25) is 0 Å². The third-order valence-electron chi connectivity index (χ3n) is 4.20. The van der Waals surface area contributed by atoms with Gasteiger partial charge in [-0.25, -0.2) is 0 Å². The largest absolute Gasteiger partial charge is 0.569 e. The molecule has 0 amide bonds. The van der Waals surface area contributed by atoms with Crippen LogP contribution in [0.15, 0.2) is 18.2 Å². The van der Waals surface area contributed by atoms with Crippen LogP contribution in [0.25, 0.3) is 0 Å². The van der Waals surface area contributed by atoms with E-state index in [1.165, 1.54) is 30.4 Å². The monoisotopic (exact) mass is 230 g/mol.